The van der Waals surface area contributed by atoms with Crippen molar-refractivity contribution in [2.45, 2.75) is 32.7 Å². The molecule has 6 heteroatoms. The first-order valence-corrected chi connectivity index (χ1v) is 9.67. The molecule has 18 heavy (non-hydrogen) atoms. The maximum absolute atomic E-state index is 11.7. The van der Waals surface area contributed by atoms with Gasteiger partial charge in [0, 0.05) is 27.8 Å². The van der Waals surface area contributed by atoms with Crippen molar-refractivity contribution in [3.63, 3.8) is 0 Å². The zero-order chi connectivity index (χ0) is 13.4. The van der Waals surface area contributed by atoms with Gasteiger partial charge in [0.25, 0.3) is 0 Å². The van der Waals surface area contributed by atoms with Crippen LogP contribution in [0.25, 0.3) is 0 Å². The van der Waals surface area contributed by atoms with Gasteiger partial charge in [-0.2, -0.15) is 0 Å². The van der Waals surface area contributed by atoms with Gasteiger partial charge in [-0.15, -0.1) is 11.3 Å². The molecule has 0 aliphatic carbocycles. The molecule has 1 aromatic rings. The van der Waals surface area contributed by atoms with E-state index < -0.39 is 9.84 Å². The summed E-state index contributed by atoms with van der Waals surface area (Å²) in [5.74, 6) is 0.566. The van der Waals surface area contributed by atoms with Crippen LogP contribution in [0.5, 0.6) is 0 Å². The number of sulfone groups is 1. The molecule has 3 nitrogen and oxygen atoms in total. The van der Waals surface area contributed by atoms with Crippen molar-refractivity contribution in [3.8, 4) is 0 Å². The van der Waals surface area contributed by atoms with E-state index in [-0.39, 0.29) is 5.75 Å². The highest BCUT2D eigenvalue weighted by molar-refractivity contribution is 9.10. The van der Waals surface area contributed by atoms with Crippen LogP contribution in [0.3, 0.4) is 0 Å². The fourth-order valence-corrected chi connectivity index (χ4v) is 4.28. The molecule has 0 amide bonds. The van der Waals surface area contributed by atoms with Crippen molar-refractivity contribution >= 4 is 37.1 Å². The monoisotopic (exact) mass is 353 g/mol. The van der Waals surface area contributed by atoms with Crippen molar-refractivity contribution in [1.82, 2.24) is 5.32 Å². The summed E-state index contributed by atoms with van der Waals surface area (Å²) in [5.41, 5.74) is 0. The van der Waals surface area contributed by atoms with Crippen LogP contribution >= 0.6 is 27.3 Å². The average molecular weight is 354 g/mol. The van der Waals surface area contributed by atoms with Crippen molar-refractivity contribution in [2.75, 3.05) is 18.1 Å². The maximum Gasteiger partial charge on any atom is 0.151 e. The summed E-state index contributed by atoms with van der Waals surface area (Å²) in [6.07, 6.45) is 2.84. The van der Waals surface area contributed by atoms with E-state index >= 15 is 0 Å². The number of unbranched alkanes of at least 4 members (excludes halogenated alkanes) is 2. The summed E-state index contributed by atoms with van der Waals surface area (Å²) in [7, 11) is -2.87. The first-order chi connectivity index (χ1) is 8.53. The second-order valence-electron chi connectivity index (χ2n) is 4.27. The lowest BCUT2D eigenvalue weighted by atomic mass is 10.3. The van der Waals surface area contributed by atoms with Crippen LogP contribution in [-0.4, -0.2) is 26.5 Å². The molecule has 0 aromatic carbocycles. The Labute approximate surface area is 122 Å². The molecule has 0 saturated carbocycles. The zero-order valence-electron chi connectivity index (χ0n) is 10.6. The highest BCUT2D eigenvalue weighted by Crippen LogP contribution is 2.19. The minimum atomic E-state index is -2.87. The lowest BCUT2D eigenvalue weighted by Gasteiger charge is -2.05. The van der Waals surface area contributed by atoms with E-state index in [1.54, 1.807) is 11.3 Å². The Morgan fingerprint density at radius 1 is 1.33 bits per heavy atom. The van der Waals surface area contributed by atoms with Crippen LogP contribution < -0.4 is 5.32 Å². The number of hydrogen-bond acceptors (Lipinski definition) is 4. The molecule has 0 radical (unpaired) electrons. The predicted octanol–water partition coefficient (Wildman–Crippen LogP) is 3.21. The smallest absolute Gasteiger partial charge is 0.151 e. The molecule has 0 spiro atoms. The SMILES string of the molecule is CCCCCS(=O)(=O)CCNCc1cc(Br)cs1. The zero-order valence-corrected chi connectivity index (χ0v) is 13.8. The molecule has 0 aliphatic heterocycles. The van der Waals surface area contributed by atoms with Gasteiger partial charge in [-0.25, -0.2) is 8.42 Å². The maximum atomic E-state index is 11.7. The Bertz CT molecular complexity index is 443. The number of nitrogens with one attached hydrogen (secondary N) is 1. The molecule has 0 atom stereocenters. The van der Waals surface area contributed by atoms with Gasteiger partial charge < -0.3 is 5.32 Å². The molecular weight excluding hydrogens is 334 g/mol. The second-order valence-corrected chi connectivity index (χ2v) is 8.48. The van der Waals surface area contributed by atoms with E-state index in [0.29, 0.717) is 12.3 Å². The second kappa shape index (κ2) is 8.30. The molecule has 1 rings (SSSR count). The van der Waals surface area contributed by atoms with Crippen molar-refractivity contribution < 1.29 is 8.42 Å². The van der Waals surface area contributed by atoms with Gasteiger partial charge in [-0.3, -0.25) is 0 Å². The van der Waals surface area contributed by atoms with E-state index in [1.807, 2.05) is 11.4 Å². The summed E-state index contributed by atoms with van der Waals surface area (Å²) in [4.78, 5) is 1.21. The van der Waals surface area contributed by atoms with Crippen molar-refractivity contribution in [1.29, 1.82) is 0 Å². The Kier molecular flexibility index (Phi) is 7.44. The summed E-state index contributed by atoms with van der Waals surface area (Å²) < 4.78 is 24.4. The van der Waals surface area contributed by atoms with Crippen molar-refractivity contribution in [2.24, 2.45) is 0 Å². The summed E-state index contributed by atoms with van der Waals surface area (Å²) in [5, 5.41) is 5.20. The molecule has 1 N–H and O–H groups in total. The van der Waals surface area contributed by atoms with Crippen LogP contribution in [0, 0.1) is 0 Å². The fourth-order valence-electron chi connectivity index (χ4n) is 1.56. The topological polar surface area (TPSA) is 46.2 Å². The Morgan fingerprint density at radius 3 is 2.72 bits per heavy atom. The Morgan fingerprint density at radius 2 is 2.11 bits per heavy atom. The summed E-state index contributed by atoms with van der Waals surface area (Å²) >= 11 is 5.06. The van der Waals surface area contributed by atoms with E-state index in [2.05, 4.69) is 28.2 Å². The lowest BCUT2D eigenvalue weighted by molar-refractivity contribution is 0.586. The van der Waals surface area contributed by atoms with Gasteiger partial charge >= 0.3 is 0 Å². The number of halogens is 1. The normalized spacial score (nSPS) is 11.9. The lowest BCUT2D eigenvalue weighted by Crippen LogP contribution is -2.23. The minimum Gasteiger partial charge on any atom is -0.311 e. The van der Waals surface area contributed by atoms with Crippen molar-refractivity contribution in [3.05, 3.63) is 20.8 Å². The third kappa shape index (κ3) is 6.87. The largest absolute Gasteiger partial charge is 0.311 e. The average Bonchev–Trinajstić information content (AvgIpc) is 2.71. The molecule has 1 heterocycles. The molecule has 104 valence electrons. The van der Waals surface area contributed by atoms with Gasteiger partial charge in [-0.1, -0.05) is 19.8 Å². The molecule has 0 fully saturated rings. The Balaban J connectivity index is 2.16. The molecular formula is C12H20BrNO2S2. The minimum absolute atomic E-state index is 0.239. The van der Waals surface area contributed by atoms with Crippen LogP contribution in [-0.2, 0) is 16.4 Å². The molecule has 1 aromatic heterocycles. The number of hydrogen-bond donors (Lipinski definition) is 1. The quantitative estimate of drug-likeness (QED) is 0.693. The van der Waals surface area contributed by atoms with E-state index in [9.17, 15) is 8.42 Å². The third-order valence-corrected chi connectivity index (χ3v) is 6.00. The van der Waals surface area contributed by atoms with Crippen LogP contribution in [0.2, 0.25) is 0 Å². The summed E-state index contributed by atoms with van der Waals surface area (Å²) in [6.45, 7) is 3.35. The number of rotatable bonds is 9. The van der Waals surface area contributed by atoms with Gasteiger partial charge in [0.05, 0.1) is 11.5 Å². The van der Waals surface area contributed by atoms with Gasteiger partial charge in [-0.05, 0) is 28.4 Å². The first-order valence-electron chi connectivity index (χ1n) is 6.17. The molecule has 0 unspecified atom stereocenters. The highest BCUT2D eigenvalue weighted by atomic mass is 79.9. The van der Waals surface area contributed by atoms with Gasteiger partial charge in [0.1, 0.15) is 0 Å². The fraction of sp³-hybridized carbons (Fsp3) is 0.667. The van der Waals surface area contributed by atoms with E-state index in [0.717, 1.165) is 30.3 Å². The number of thiophene rings is 1. The van der Waals surface area contributed by atoms with Gasteiger partial charge in [0.2, 0.25) is 0 Å². The summed E-state index contributed by atoms with van der Waals surface area (Å²) in [6, 6.07) is 2.05. The van der Waals surface area contributed by atoms with E-state index in [1.165, 1.54) is 4.88 Å². The molecule has 0 bridgehead atoms. The standard InChI is InChI=1S/C12H20BrNO2S2/c1-2-3-4-6-18(15,16)7-5-14-9-12-8-11(13)10-17-12/h8,10,14H,2-7,9H2,1H3. The van der Waals surface area contributed by atoms with Gasteiger partial charge in [0.15, 0.2) is 9.84 Å². The molecule has 0 saturated heterocycles. The molecule has 0 aliphatic rings. The first kappa shape index (κ1) is 16.1. The predicted molar refractivity (Wildman–Crippen MR) is 81.9 cm³/mol. The van der Waals surface area contributed by atoms with Crippen LogP contribution in [0.4, 0.5) is 0 Å². The highest BCUT2D eigenvalue weighted by Gasteiger charge is 2.09. The van der Waals surface area contributed by atoms with Crippen LogP contribution in [0.15, 0.2) is 15.9 Å². The third-order valence-electron chi connectivity index (χ3n) is 2.57. The van der Waals surface area contributed by atoms with Crippen LogP contribution in [0.1, 0.15) is 31.1 Å². The Hall–Kier alpha value is 0.0900. The van der Waals surface area contributed by atoms with E-state index in [4.69, 9.17) is 0 Å².